The van der Waals surface area contributed by atoms with E-state index in [4.69, 9.17) is 14.7 Å². The fourth-order valence-corrected chi connectivity index (χ4v) is 1.43. The molecule has 1 aliphatic heterocycles. The third-order valence-electron chi connectivity index (χ3n) is 2.07. The summed E-state index contributed by atoms with van der Waals surface area (Å²) in [5, 5.41) is 8.50. The van der Waals surface area contributed by atoms with Crippen molar-refractivity contribution in [2.45, 2.75) is 6.54 Å². The average Bonchev–Trinajstić information content (AvgIpc) is 2.25. The van der Waals surface area contributed by atoms with Crippen LogP contribution in [0.5, 0.6) is 11.5 Å². The highest BCUT2D eigenvalue weighted by molar-refractivity contribution is 5.48. The second kappa shape index (κ2) is 4.00. The van der Waals surface area contributed by atoms with Gasteiger partial charge in [-0.25, -0.2) is 14.3 Å². The van der Waals surface area contributed by atoms with Crippen LogP contribution < -0.4 is 15.0 Å². The molecule has 2 N–H and O–H groups in total. The number of ether oxygens (including phenoxy) is 2. The van der Waals surface area contributed by atoms with Gasteiger partial charge in [0.1, 0.15) is 13.2 Å². The minimum absolute atomic E-state index is 0.0767. The van der Waals surface area contributed by atoms with Gasteiger partial charge in [-0.05, 0) is 0 Å². The summed E-state index contributed by atoms with van der Waals surface area (Å²) in [4.78, 5) is 0. The zero-order chi connectivity index (χ0) is 10.8. The minimum Gasteiger partial charge on any atom is -0.486 e. The lowest BCUT2D eigenvalue weighted by Crippen LogP contribution is -2.19. The number of rotatable bonds is 2. The largest absolute Gasteiger partial charge is 0.486 e. The standard InChI is InChI=1S/C9H9F2NO3/c10-6-3-7-9(15-2-1-14-7)5(4-12-13)8(6)11/h3,12-13H,1-2,4H2. The van der Waals surface area contributed by atoms with Crippen molar-refractivity contribution in [3.05, 3.63) is 23.3 Å². The lowest BCUT2D eigenvalue weighted by molar-refractivity contribution is 0.147. The maximum absolute atomic E-state index is 13.3. The molecule has 0 unspecified atom stereocenters. The van der Waals surface area contributed by atoms with Crippen molar-refractivity contribution in [2.75, 3.05) is 13.2 Å². The first-order valence-electron chi connectivity index (χ1n) is 4.37. The van der Waals surface area contributed by atoms with E-state index in [0.717, 1.165) is 6.07 Å². The second-order valence-corrected chi connectivity index (χ2v) is 3.01. The summed E-state index contributed by atoms with van der Waals surface area (Å²) >= 11 is 0. The maximum Gasteiger partial charge on any atom is 0.169 e. The number of fused-ring (bicyclic) bond motifs is 1. The molecule has 2 rings (SSSR count). The fraction of sp³-hybridized carbons (Fsp3) is 0.333. The Morgan fingerprint density at radius 1 is 1.33 bits per heavy atom. The van der Waals surface area contributed by atoms with Crippen LogP contribution in [0.3, 0.4) is 0 Å². The Kier molecular flexibility index (Phi) is 2.70. The normalized spacial score (nSPS) is 14.1. The molecule has 0 bridgehead atoms. The highest BCUT2D eigenvalue weighted by Gasteiger charge is 2.22. The number of hydroxylamine groups is 1. The fourth-order valence-electron chi connectivity index (χ4n) is 1.43. The third-order valence-corrected chi connectivity index (χ3v) is 2.07. The Morgan fingerprint density at radius 2 is 2.07 bits per heavy atom. The molecular formula is C9H9F2NO3. The van der Waals surface area contributed by atoms with Crippen LogP contribution in [-0.4, -0.2) is 18.4 Å². The number of hydrogen-bond acceptors (Lipinski definition) is 4. The summed E-state index contributed by atoms with van der Waals surface area (Å²) in [5.41, 5.74) is 1.68. The van der Waals surface area contributed by atoms with Crippen LogP contribution in [0.15, 0.2) is 6.07 Å². The molecule has 0 saturated heterocycles. The first-order chi connectivity index (χ1) is 7.24. The molecular weight excluding hydrogens is 208 g/mol. The van der Waals surface area contributed by atoms with Crippen LogP contribution in [0.25, 0.3) is 0 Å². The van der Waals surface area contributed by atoms with Gasteiger partial charge < -0.3 is 14.7 Å². The molecule has 15 heavy (non-hydrogen) atoms. The van der Waals surface area contributed by atoms with Gasteiger partial charge in [0.25, 0.3) is 0 Å². The van der Waals surface area contributed by atoms with Gasteiger partial charge in [0.15, 0.2) is 23.1 Å². The van der Waals surface area contributed by atoms with Crippen molar-refractivity contribution < 1.29 is 23.5 Å². The number of benzene rings is 1. The average molecular weight is 217 g/mol. The van der Waals surface area contributed by atoms with E-state index in [1.54, 1.807) is 5.48 Å². The highest BCUT2D eigenvalue weighted by Crippen LogP contribution is 2.36. The molecule has 82 valence electrons. The van der Waals surface area contributed by atoms with Crippen LogP contribution in [0, 0.1) is 11.6 Å². The predicted molar refractivity (Wildman–Crippen MR) is 46.0 cm³/mol. The summed E-state index contributed by atoms with van der Waals surface area (Å²) in [6.45, 7) is 0.329. The molecule has 0 saturated carbocycles. The summed E-state index contributed by atoms with van der Waals surface area (Å²) < 4.78 is 36.7. The molecule has 0 atom stereocenters. The van der Waals surface area contributed by atoms with E-state index in [0.29, 0.717) is 6.61 Å². The second-order valence-electron chi connectivity index (χ2n) is 3.01. The topological polar surface area (TPSA) is 50.7 Å². The molecule has 0 aromatic heterocycles. The molecule has 1 heterocycles. The van der Waals surface area contributed by atoms with E-state index in [1.807, 2.05) is 0 Å². The van der Waals surface area contributed by atoms with Crippen LogP contribution in [0.2, 0.25) is 0 Å². The van der Waals surface area contributed by atoms with E-state index in [9.17, 15) is 8.78 Å². The van der Waals surface area contributed by atoms with E-state index < -0.39 is 11.6 Å². The molecule has 6 heteroatoms. The van der Waals surface area contributed by atoms with E-state index >= 15 is 0 Å². The molecule has 0 amide bonds. The van der Waals surface area contributed by atoms with E-state index in [1.165, 1.54) is 0 Å². The van der Waals surface area contributed by atoms with Gasteiger partial charge in [-0.1, -0.05) is 0 Å². The smallest absolute Gasteiger partial charge is 0.169 e. The van der Waals surface area contributed by atoms with Crippen LogP contribution >= 0.6 is 0 Å². The summed E-state index contributed by atoms with van der Waals surface area (Å²) in [7, 11) is 0. The molecule has 4 nitrogen and oxygen atoms in total. The van der Waals surface area contributed by atoms with Gasteiger partial charge in [-0.15, -0.1) is 0 Å². The minimum atomic E-state index is -1.04. The monoisotopic (exact) mass is 217 g/mol. The highest BCUT2D eigenvalue weighted by atomic mass is 19.2. The Labute approximate surface area is 84.4 Å². The van der Waals surface area contributed by atoms with Gasteiger partial charge in [0, 0.05) is 6.07 Å². The van der Waals surface area contributed by atoms with Crippen LogP contribution in [-0.2, 0) is 6.54 Å². The molecule has 0 aliphatic carbocycles. The van der Waals surface area contributed by atoms with Crippen LogP contribution in [0.1, 0.15) is 5.56 Å². The summed E-state index contributed by atoms with van der Waals surface area (Å²) in [6, 6.07) is 0.935. The molecule has 0 spiro atoms. The van der Waals surface area contributed by atoms with Crippen LogP contribution in [0.4, 0.5) is 8.78 Å². The van der Waals surface area contributed by atoms with Crippen molar-refractivity contribution in [1.82, 2.24) is 5.48 Å². The zero-order valence-electron chi connectivity index (χ0n) is 7.72. The zero-order valence-corrected chi connectivity index (χ0v) is 7.72. The molecule has 1 aromatic carbocycles. The quantitative estimate of drug-likeness (QED) is 0.731. The number of halogens is 2. The molecule has 1 aromatic rings. The lowest BCUT2D eigenvalue weighted by atomic mass is 10.1. The SMILES string of the molecule is ONCc1c(F)c(F)cc2c1OCCO2. The van der Waals surface area contributed by atoms with Crippen molar-refractivity contribution in [3.63, 3.8) is 0 Å². The predicted octanol–water partition coefficient (Wildman–Crippen LogP) is 1.21. The molecule has 1 aliphatic rings. The third kappa shape index (κ3) is 1.73. The Bertz CT molecular complexity index is 384. The van der Waals surface area contributed by atoms with Gasteiger partial charge in [-0.2, -0.15) is 0 Å². The molecule has 0 radical (unpaired) electrons. The molecule has 0 fully saturated rings. The maximum atomic E-state index is 13.3. The van der Waals surface area contributed by atoms with Crippen molar-refractivity contribution in [2.24, 2.45) is 0 Å². The van der Waals surface area contributed by atoms with Gasteiger partial charge in [0.2, 0.25) is 0 Å². The summed E-state index contributed by atoms with van der Waals surface area (Å²) in [5.74, 6) is -1.77. The summed E-state index contributed by atoms with van der Waals surface area (Å²) in [6.07, 6.45) is 0. The van der Waals surface area contributed by atoms with Gasteiger partial charge in [0.05, 0.1) is 12.1 Å². The van der Waals surface area contributed by atoms with Crippen molar-refractivity contribution in [3.8, 4) is 11.5 Å². The Morgan fingerprint density at radius 3 is 2.80 bits per heavy atom. The van der Waals surface area contributed by atoms with E-state index in [-0.39, 0.29) is 30.2 Å². The van der Waals surface area contributed by atoms with Crippen molar-refractivity contribution in [1.29, 1.82) is 0 Å². The number of hydrogen-bond donors (Lipinski definition) is 2. The number of nitrogens with one attached hydrogen (secondary N) is 1. The lowest BCUT2D eigenvalue weighted by Gasteiger charge is -2.21. The van der Waals surface area contributed by atoms with Crippen molar-refractivity contribution >= 4 is 0 Å². The van der Waals surface area contributed by atoms with E-state index in [2.05, 4.69) is 0 Å². The first kappa shape index (κ1) is 10.1. The van der Waals surface area contributed by atoms with Gasteiger partial charge in [-0.3, -0.25) is 0 Å². The Balaban J connectivity index is 2.52. The first-order valence-corrected chi connectivity index (χ1v) is 4.37. The Hall–Kier alpha value is -1.40. The van der Waals surface area contributed by atoms with Gasteiger partial charge >= 0.3 is 0 Å².